The zero-order valence-electron chi connectivity index (χ0n) is 12.2. The number of hydrogen-bond acceptors (Lipinski definition) is 3. The average molecular weight is 385 g/mol. The predicted octanol–water partition coefficient (Wildman–Crippen LogP) is 4.44. The molecule has 1 amide bonds. The fraction of sp³-hybridized carbons (Fsp3) is 0.188. The van der Waals surface area contributed by atoms with Crippen LogP contribution in [0.25, 0.3) is 0 Å². The number of methoxy groups -OCH3 is 1. The number of nitrogens with one attached hydrogen (secondary N) is 1. The summed E-state index contributed by atoms with van der Waals surface area (Å²) in [5.74, 6) is 0.831. The van der Waals surface area contributed by atoms with Gasteiger partial charge in [0.25, 0.3) is 5.91 Å². The molecule has 6 heteroatoms. The zero-order valence-corrected chi connectivity index (χ0v) is 14.5. The summed E-state index contributed by atoms with van der Waals surface area (Å²) < 4.78 is 11.5. The number of anilines is 1. The molecular weight excluding hydrogens is 370 g/mol. The minimum Gasteiger partial charge on any atom is -0.495 e. The van der Waals surface area contributed by atoms with Crippen LogP contribution in [0, 0.1) is 6.92 Å². The topological polar surface area (TPSA) is 47.6 Å². The first-order valence-electron chi connectivity index (χ1n) is 6.52. The number of para-hydroxylation sites is 1. The first-order valence-corrected chi connectivity index (χ1v) is 7.69. The number of carbonyl (C=O) groups excluding carboxylic acids is 1. The fourth-order valence-corrected chi connectivity index (χ4v) is 2.37. The number of hydrogen-bond donors (Lipinski definition) is 1. The van der Waals surface area contributed by atoms with Crippen LogP contribution in [0.4, 0.5) is 5.69 Å². The quantitative estimate of drug-likeness (QED) is 0.829. The SMILES string of the molecule is COc1cc(Cl)c(C)cc1NC(=O)COc1ccccc1Br. The summed E-state index contributed by atoms with van der Waals surface area (Å²) in [5.41, 5.74) is 1.41. The Bertz CT molecular complexity index is 691. The molecule has 0 aliphatic carbocycles. The van der Waals surface area contributed by atoms with E-state index in [1.165, 1.54) is 7.11 Å². The number of amides is 1. The Balaban J connectivity index is 2.03. The van der Waals surface area contributed by atoms with Crippen molar-refractivity contribution in [3.8, 4) is 11.5 Å². The standard InChI is InChI=1S/C16H15BrClNO3/c1-10-7-13(15(21-2)8-12(10)18)19-16(20)9-22-14-6-4-3-5-11(14)17/h3-8H,9H2,1-2H3,(H,19,20). The van der Waals surface area contributed by atoms with Gasteiger partial charge in [0.15, 0.2) is 6.61 Å². The van der Waals surface area contributed by atoms with Crippen molar-refractivity contribution in [3.63, 3.8) is 0 Å². The summed E-state index contributed by atoms with van der Waals surface area (Å²) in [4.78, 5) is 12.0. The third-order valence-electron chi connectivity index (χ3n) is 2.95. The number of ether oxygens (including phenoxy) is 2. The highest BCUT2D eigenvalue weighted by Gasteiger charge is 2.11. The minimum absolute atomic E-state index is 0.104. The van der Waals surface area contributed by atoms with Gasteiger partial charge in [-0.15, -0.1) is 0 Å². The lowest BCUT2D eigenvalue weighted by atomic mass is 10.2. The average Bonchev–Trinajstić information content (AvgIpc) is 2.50. The summed E-state index contributed by atoms with van der Waals surface area (Å²) >= 11 is 9.40. The van der Waals surface area contributed by atoms with Gasteiger partial charge in [0.2, 0.25) is 0 Å². The van der Waals surface area contributed by atoms with E-state index in [0.29, 0.717) is 22.2 Å². The summed E-state index contributed by atoms with van der Waals surface area (Å²) in [6, 6.07) is 10.8. The molecule has 0 aliphatic heterocycles. The van der Waals surface area contributed by atoms with Crippen molar-refractivity contribution in [2.45, 2.75) is 6.92 Å². The molecular formula is C16H15BrClNO3. The van der Waals surface area contributed by atoms with Crippen LogP contribution in [0.2, 0.25) is 5.02 Å². The normalized spacial score (nSPS) is 10.2. The summed E-state index contributed by atoms with van der Waals surface area (Å²) in [5, 5.41) is 3.34. The monoisotopic (exact) mass is 383 g/mol. The lowest BCUT2D eigenvalue weighted by Crippen LogP contribution is -2.20. The highest BCUT2D eigenvalue weighted by Crippen LogP contribution is 2.31. The summed E-state index contributed by atoms with van der Waals surface area (Å²) in [6.07, 6.45) is 0. The largest absolute Gasteiger partial charge is 0.495 e. The molecule has 0 radical (unpaired) electrons. The first kappa shape index (κ1) is 16.6. The molecule has 0 saturated heterocycles. The van der Waals surface area contributed by atoms with Crippen LogP contribution in [0.3, 0.4) is 0 Å². The third-order valence-corrected chi connectivity index (χ3v) is 4.01. The van der Waals surface area contributed by atoms with Crippen LogP contribution >= 0.6 is 27.5 Å². The maximum Gasteiger partial charge on any atom is 0.262 e. The molecule has 2 aromatic rings. The number of rotatable bonds is 5. The van der Waals surface area contributed by atoms with Gasteiger partial charge < -0.3 is 14.8 Å². The van der Waals surface area contributed by atoms with E-state index in [4.69, 9.17) is 21.1 Å². The molecule has 0 bridgehead atoms. The van der Waals surface area contributed by atoms with Gasteiger partial charge in [0.1, 0.15) is 11.5 Å². The van der Waals surface area contributed by atoms with Gasteiger partial charge in [-0.25, -0.2) is 0 Å². The van der Waals surface area contributed by atoms with E-state index in [2.05, 4.69) is 21.2 Å². The second kappa shape index (κ2) is 7.51. The van der Waals surface area contributed by atoms with Gasteiger partial charge in [-0.1, -0.05) is 23.7 Å². The van der Waals surface area contributed by atoms with Crippen LogP contribution < -0.4 is 14.8 Å². The maximum atomic E-state index is 12.0. The zero-order chi connectivity index (χ0) is 16.1. The number of halogens is 2. The number of aryl methyl sites for hydroxylation is 1. The molecule has 116 valence electrons. The van der Waals surface area contributed by atoms with Crippen LogP contribution in [-0.2, 0) is 4.79 Å². The van der Waals surface area contributed by atoms with Gasteiger partial charge in [-0.3, -0.25) is 4.79 Å². The van der Waals surface area contributed by atoms with E-state index < -0.39 is 0 Å². The van der Waals surface area contributed by atoms with Crippen LogP contribution in [0.15, 0.2) is 40.9 Å². The summed E-state index contributed by atoms with van der Waals surface area (Å²) in [6.45, 7) is 1.75. The lowest BCUT2D eigenvalue weighted by molar-refractivity contribution is -0.118. The maximum absolute atomic E-state index is 12.0. The second-order valence-electron chi connectivity index (χ2n) is 4.57. The Hall–Kier alpha value is -1.72. The van der Waals surface area contributed by atoms with Gasteiger partial charge in [-0.2, -0.15) is 0 Å². The second-order valence-corrected chi connectivity index (χ2v) is 5.83. The molecule has 0 aromatic heterocycles. The van der Waals surface area contributed by atoms with Crippen molar-refractivity contribution in [3.05, 3.63) is 51.5 Å². The molecule has 2 rings (SSSR count). The van der Waals surface area contributed by atoms with Crippen molar-refractivity contribution in [2.75, 3.05) is 19.0 Å². The van der Waals surface area contributed by atoms with E-state index in [0.717, 1.165) is 10.0 Å². The van der Waals surface area contributed by atoms with E-state index >= 15 is 0 Å². The lowest BCUT2D eigenvalue weighted by Gasteiger charge is -2.13. The van der Waals surface area contributed by atoms with Crippen molar-refractivity contribution in [2.24, 2.45) is 0 Å². The summed E-state index contributed by atoms with van der Waals surface area (Å²) in [7, 11) is 1.52. The molecule has 0 saturated carbocycles. The highest BCUT2D eigenvalue weighted by molar-refractivity contribution is 9.10. The van der Waals surface area contributed by atoms with Gasteiger partial charge in [-0.05, 0) is 46.6 Å². The molecule has 0 heterocycles. The van der Waals surface area contributed by atoms with Crippen molar-refractivity contribution in [1.82, 2.24) is 0 Å². The Morgan fingerprint density at radius 2 is 2.00 bits per heavy atom. The van der Waals surface area contributed by atoms with E-state index in [-0.39, 0.29) is 12.5 Å². The fourth-order valence-electron chi connectivity index (χ4n) is 1.82. The molecule has 1 N–H and O–H groups in total. The highest BCUT2D eigenvalue weighted by atomic mass is 79.9. The molecule has 0 aliphatic rings. The third kappa shape index (κ3) is 4.15. The van der Waals surface area contributed by atoms with E-state index in [1.807, 2.05) is 25.1 Å². The predicted molar refractivity (Wildman–Crippen MR) is 91.0 cm³/mol. The Morgan fingerprint density at radius 1 is 1.27 bits per heavy atom. The molecule has 0 atom stereocenters. The Kier molecular flexibility index (Phi) is 5.69. The molecule has 0 unspecified atom stereocenters. The van der Waals surface area contributed by atoms with Crippen LogP contribution in [0.1, 0.15) is 5.56 Å². The smallest absolute Gasteiger partial charge is 0.262 e. The van der Waals surface area contributed by atoms with Gasteiger partial charge in [0.05, 0.1) is 17.3 Å². The van der Waals surface area contributed by atoms with Crippen molar-refractivity contribution >= 4 is 39.1 Å². The van der Waals surface area contributed by atoms with Crippen molar-refractivity contribution < 1.29 is 14.3 Å². The number of benzene rings is 2. The van der Waals surface area contributed by atoms with Crippen LogP contribution in [0.5, 0.6) is 11.5 Å². The first-order chi connectivity index (χ1) is 10.5. The van der Waals surface area contributed by atoms with E-state index in [9.17, 15) is 4.79 Å². The Morgan fingerprint density at radius 3 is 2.68 bits per heavy atom. The molecule has 2 aromatic carbocycles. The van der Waals surface area contributed by atoms with Gasteiger partial charge >= 0.3 is 0 Å². The van der Waals surface area contributed by atoms with Crippen molar-refractivity contribution in [1.29, 1.82) is 0 Å². The van der Waals surface area contributed by atoms with E-state index in [1.54, 1.807) is 18.2 Å². The number of carbonyl (C=O) groups is 1. The minimum atomic E-state index is -0.282. The Labute approximate surface area is 142 Å². The molecule has 0 spiro atoms. The molecule has 0 fully saturated rings. The van der Waals surface area contributed by atoms with Gasteiger partial charge in [0, 0.05) is 11.1 Å². The molecule has 4 nitrogen and oxygen atoms in total. The van der Waals surface area contributed by atoms with Crippen LogP contribution in [-0.4, -0.2) is 19.6 Å². The molecule has 22 heavy (non-hydrogen) atoms.